The van der Waals surface area contributed by atoms with Crippen molar-refractivity contribution in [3.05, 3.63) is 29.6 Å². The van der Waals surface area contributed by atoms with Crippen LogP contribution in [0.1, 0.15) is 41.7 Å². The summed E-state index contributed by atoms with van der Waals surface area (Å²) in [6.45, 7) is 4.73. The summed E-state index contributed by atoms with van der Waals surface area (Å²) < 4.78 is 5.45. The summed E-state index contributed by atoms with van der Waals surface area (Å²) >= 11 is 0. The fourth-order valence-corrected chi connectivity index (χ4v) is 3.97. The molecule has 0 radical (unpaired) electrons. The zero-order valence-electron chi connectivity index (χ0n) is 15.2. The average Bonchev–Trinajstić information content (AvgIpc) is 2.83. The van der Waals surface area contributed by atoms with E-state index in [1.54, 1.807) is 6.20 Å². The van der Waals surface area contributed by atoms with E-state index in [0.29, 0.717) is 31.2 Å². The maximum absolute atomic E-state index is 12.8. The van der Waals surface area contributed by atoms with Crippen LogP contribution in [0.5, 0.6) is 0 Å². The van der Waals surface area contributed by atoms with Gasteiger partial charge in [0.1, 0.15) is 5.69 Å². The zero-order chi connectivity index (χ0) is 17.8. The summed E-state index contributed by atoms with van der Waals surface area (Å²) in [6, 6.07) is 4.30. The van der Waals surface area contributed by atoms with E-state index in [4.69, 9.17) is 4.74 Å². The summed E-state index contributed by atoms with van der Waals surface area (Å²) in [7, 11) is 2.10. The highest BCUT2D eigenvalue weighted by Crippen LogP contribution is 2.23. The molecular formula is C19H29N3O3. The Balaban J connectivity index is 1.66. The molecule has 3 heterocycles. The van der Waals surface area contributed by atoms with Gasteiger partial charge >= 0.3 is 0 Å². The summed E-state index contributed by atoms with van der Waals surface area (Å²) in [5.41, 5.74) is 1.42. The minimum Gasteiger partial charge on any atom is -0.391 e. The Hall–Kier alpha value is -1.50. The highest BCUT2D eigenvalue weighted by atomic mass is 16.5. The Morgan fingerprint density at radius 2 is 2.00 bits per heavy atom. The van der Waals surface area contributed by atoms with Crippen molar-refractivity contribution < 1.29 is 14.6 Å². The maximum atomic E-state index is 12.8. The van der Waals surface area contributed by atoms with E-state index in [-0.39, 0.29) is 11.9 Å². The third kappa shape index (κ3) is 4.19. The number of rotatable bonds is 3. The number of ether oxygens (including phenoxy) is 1. The molecule has 2 saturated heterocycles. The normalized spacial score (nSPS) is 25.8. The van der Waals surface area contributed by atoms with E-state index < -0.39 is 6.10 Å². The number of aryl methyl sites for hydroxylation is 1. The molecule has 0 saturated carbocycles. The lowest BCUT2D eigenvalue weighted by atomic mass is 9.99. The van der Waals surface area contributed by atoms with Crippen molar-refractivity contribution in [2.45, 2.75) is 50.8 Å². The van der Waals surface area contributed by atoms with Crippen LogP contribution in [0.25, 0.3) is 0 Å². The van der Waals surface area contributed by atoms with Crippen LogP contribution in [-0.4, -0.2) is 77.3 Å². The van der Waals surface area contributed by atoms with E-state index >= 15 is 0 Å². The highest BCUT2D eigenvalue weighted by Gasteiger charge is 2.33. The van der Waals surface area contributed by atoms with Crippen LogP contribution in [0.3, 0.4) is 0 Å². The van der Waals surface area contributed by atoms with Gasteiger partial charge in [0.05, 0.1) is 6.10 Å². The Kier molecular flexibility index (Phi) is 6.04. The second kappa shape index (κ2) is 8.25. The van der Waals surface area contributed by atoms with Crippen LogP contribution in [0, 0.1) is 6.92 Å². The van der Waals surface area contributed by atoms with Crippen LogP contribution < -0.4 is 0 Å². The van der Waals surface area contributed by atoms with Gasteiger partial charge in [0.25, 0.3) is 5.91 Å². The average molecular weight is 347 g/mol. The lowest BCUT2D eigenvalue weighted by Crippen LogP contribution is -2.48. The Morgan fingerprint density at radius 1 is 1.28 bits per heavy atom. The second-order valence-electron chi connectivity index (χ2n) is 7.18. The van der Waals surface area contributed by atoms with Gasteiger partial charge in [0.2, 0.25) is 0 Å². The fraction of sp³-hybridized carbons (Fsp3) is 0.684. The first-order chi connectivity index (χ1) is 12.1. The van der Waals surface area contributed by atoms with Crippen LogP contribution in [-0.2, 0) is 4.74 Å². The van der Waals surface area contributed by atoms with Crippen molar-refractivity contribution >= 4 is 5.91 Å². The minimum absolute atomic E-state index is 0.0281. The van der Waals surface area contributed by atoms with Crippen LogP contribution in [0.2, 0.25) is 0 Å². The Bertz CT molecular complexity index is 589. The van der Waals surface area contributed by atoms with Gasteiger partial charge in [-0.2, -0.15) is 0 Å². The van der Waals surface area contributed by atoms with Gasteiger partial charge in [-0.05, 0) is 51.3 Å². The van der Waals surface area contributed by atoms with Crippen molar-refractivity contribution in [2.75, 3.05) is 33.4 Å². The predicted octanol–water partition coefficient (Wildman–Crippen LogP) is 1.47. The first kappa shape index (κ1) is 18.3. The number of aromatic nitrogens is 1. The molecule has 1 aromatic rings. The van der Waals surface area contributed by atoms with Crippen LogP contribution >= 0.6 is 0 Å². The molecule has 1 aromatic heterocycles. The number of likely N-dealkylation sites (N-methyl/N-ethyl adjacent to an activating group) is 1. The number of aliphatic hydroxyl groups is 1. The Labute approximate surface area is 149 Å². The molecule has 0 bridgehead atoms. The lowest BCUT2D eigenvalue weighted by Gasteiger charge is -2.38. The van der Waals surface area contributed by atoms with E-state index in [0.717, 1.165) is 38.0 Å². The van der Waals surface area contributed by atoms with Gasteiger partial charge in [-0.1, -0.05) is 6.07 Å². The van der Waals surface area contributed by atoms with Crippen LogP contribution in [0.4, 0.5) is 0 Å². The maximum Gasteiger partial charge on any atom is 0.272 e. The second-order valence-corrected chi connectivity index (χ2v) is 7.18. The van der Waals surface area contributed by atoms with Crippen molar-refractivity contribution in [3.63, 3.8) is 0 Å². The Morgan fingerprint density at radius 3 is 2.72 bits per heavy atom. The third-order valence-corrected chi connectivity index (χ3v) is 5.62. The minimum atomic E-state index is -0.407. The van der Waals surface area contributed by atoms with Gasteiger partial charge in [-0.3, -0.25) is 14.7 Å². The number of carbonyl (C=O) groups is 1. The molecule has 2 aliphatic heterocycles. The molecule has 3 rings (SSSR count). The molecule has 2 fully saturated rings. The van der Waals surface area contributed by atoms with Gasteiger partial charge in [0.15, 0.2) is 0 Å². The number of hydrogen-bond acceptors (Lipinski definition) is 5. The fourth-order valence-electron chi connectivity index (χ4n) is 3.97. The van der Waals surface area contributed by atoms with Crippen molar-refractivity contribution in [1.82, 2.24) is 14.8 Å². The number of pyridine rings is 1. The van der Waals surface area contributed by atoms with Crippen LogP contribution in [0.15, 0.2) is 18.3 Å². The number of carbonyl (C=O) groups excluding carboxylic acids is 1. The molecule has 6 nitrogen and oxygen atoms in total. The first-order valence-electron chi connectivity index (χ1n) is 9.26. The molecule has 0 unspecified atom stereocenters. The molecule has 1 amide bonds. The third-order valence-electron chi connectivity index (χ3n) is 5.62. The molecule has 138 valence electrons. The first-order valence-corrected chi connectivity index (χ1v) is 9.26. The molecule has 2 aliphatic rings. The number of amides is 1. The topological polar surface area (TPSA) is 65.9 Å². The van der Waals surface area contributed by atoms with Crippen molar-refractivity contribution in [2.24, 2.45) is 0 Å². The van der Waals surface area contributed by atoms with E-state index in [1.165, 1.54) is 0 Å². The molecule has 0 aliphatic carbocycles. The van der Waals surface area contributed by atoms with Gasteiger partial charge in [-0.25, -0.2) is 0 Å². The quantitative estimate of drug-likeness (QED) is 0.897. The lowest BCUT2D eigenvalue weighted by molar-refractivity contribution is -0.00758. The van der Waals surface area contributed by atoms with E-state index in [1.807, 2.05) is 24.0 Å². The molecule has 6 heteroatoms. The van der Waals surface area contributed by atoms with Crippen molar-refractivity contribution in [1.29, 1.82) is 0 Å². The monoisotopic (exact) mass is 347 g/mol. The molecule has 25 heavy (non-hydrogen) atoms. The van der Waals surface area contributed by atoms with Crippen molar-refractivity contribution in [3.8, 4) is 0 Å². The van der Waals surface area contributed by atoms with Gasteiger partial charge in [-0.15, -0.1) is 0 Å². The predicted molar refractivity (Wildman–Crippen MR) is 95.5 cm³/mol. The summed E-state index contributed by atoms with van der Waals surface area (Å²) in [5.74, 6) is -0.0281. The SMILES string of the molecule is Cc1cccnc1C(=O)N1CC[C@H](O)[C@@H](N(C)C2CCOCC2)CC1. The van der Waals surface area contributed by atoms with Gasteiger partial charge in [0, 0.05) is 44.6 Å². The zero-order valence-corrected chi connectivity index (χ0v) is 15.2. The molecule has 1 N–H and O–H groups in total. The molecular weight excluding hydrogens is 318 g/mol. The summed E-state index contributed by atoms with van der Waals surface area (Å²) in [5, 5.41) is 10.6. The van der Waals surface area contributed by atoms with E-state index in [2.05, 4.69) is 16.9 Å². The number of nitrogens with zero attached hydrogens (tertiary/aromatic N) is 3. The number of aliphatic hydroxyl groups excluding tert-OH is 1. The number of likely N-dealkylation sites (tertiary alicyclic amines) is 1. The van der Waals surface area contributed by atoms with Gasteiger partial charge < -0.3 is 14.7 Å². The standard InChI is InChI=1S/C19H29N3O3/c1-14-4-3-9-20-18(14)19(24)22-10-5-16(17(23)6-11-22)21(2)15-7-12-25-13-8-15/h3-4,9,15-17,23H,5-8,10-13H2,1-2H3/t16-,17-/m0/s1. The van der Waals surface area contributed by atoms with E-state index in [9.17, 15) is 9.90 Å². The summed E-state index contributed by atoms with van der Waals surface area (Å²) in [6.07, 6.45) is 4.66. The molecule has 0 spiro atoms. The molecule has 2 atom stereocenters. The number of hydrogen-bond donors (Lipinski definition) is 1. The highest BCUT2D eigenvalue weighted by molar-refractivity contribution is 5.93. The largest absolute Gasteiger partial charge is 0.391 e. The summed E-state index contributed by atoms with van der Waals surface area (Å²) in [4.78, 5) is 21.2. The smallest absolute Gasteiger partial charge is 0.272 e. The molecule has 0 aromatic carbocycles.